The molecule has 1 saturated heterocycles. The third-order valence-corrected chi connectivity index (χ3v) is 8.28. The number of pyridine rings is 1. The number of hydrogen-bond acceptors (Lipinski definition) is 6. The van der Waals surface area contributed by atoms with Crippen molar-refractivity contribution in [2.75, 3.05) is 22.3 Å². The average molecular weight is 543 g/mol. The molecule has 0 spiro atoms. The lowest BCUT2D eigenvalue weighted by Crippen LogP contribution is -2.41. The van der Waals surface area contributed by atoms with E-state index in [1.807, 2.05) is 6.92 Å². The maximum absolute atomic E-state index is 13.6. The Bertz CT molecular complexity index is 1410. The number of anilines is 2. The van der Waals surface area contributed by atoms with Crippen molar-refractivity contribution in [1.29, 1.82) is 0 Å². The van der Waals surface area contributed by atoms with Crippen LogP contribution in [0.15, 0.2) is 65.7 Å². The molecule has 0 aliphatic carbocycles. The predicted octanol–water partition coefficient (Wildman–Crippen LogP) is 2.96. The fraction of sp³-hybridized carbons (Fsp3) is 0.269. The molecule has 4 rings (SSSR count). The summed E-state index contributed by atoms with van der Waals surface area (Å²) in [6, 6.07) is 14.7. The van der Waals surface area contributed by atoms with Crippen molar-refractivity contribution in [2.45, 2.75) is 37.8 Å². The smallest absolute Gasteiger partial charge is 0.264 e. The summed E-state index contributed by atoms with van der Waals surface area (Å²) in [6.07, 6.45) is 0.876. The van der Waals surface area contributed by atoms with Gasteiger partial charge in [0.05, 0.1) is 53.8 Å². The first-order valence-electron chi connectivity index (χ1n) is 11.6. The summed E-state index contributed by atoms with van der Waals surface area (Å²) < 4.78 is 28.2. The predicted molar refractivity (Wildman–Crippen MR) is 141 cm³/mol. The van der Waals surface area contributed by atoms with E-state index in [0.717, 1.165) is 9.87 Å². The van der Waals surface area contributed by atoms with Crippen molar-refractivity contribution in [3.05, 3.63) is 82.6 Å². The van der Waals surface area contributed by atoms with Crippen LogP contribution < -0.4 is 14.5 Å². The minimum Gasteiger partial charge on any atom is -0.391 e. The molecule has 1 aliphatic heterocycles. The van der Waals surface area contributed by atoms with Gasteiger partial charge in [-0.25, -0.2) is 8.42 Å². The van der Waals surface area contributed by atoms with Crippen LogP contribution in [0.4, 0.5) is 11.4 Å². The van der Waals surface area contributed by atoms with E-state index >= 15 is 0 Å². The molecule has 1 aliphatic rings. The van der Waals surface area contributed by atoms with Gasteiger partial charge in [-0.05, 0) is 55.8 Å². The van der Waals surface area contributed by atoms with E-state index in [1.165, 1.54) is 23.2 Å². The van der Waals surface area contributed by atoms with Gasteiger partial charge in [0, 0.05) is 5.02 Å². The minimum absolute atomic E-state index is 0.0582. The van der Waals surface area contributed by atoms with Crippen LogP contribution in [0, 0.1) is 13.8 Å². The van der Waals surface area contributed by atoms with Crippen LogP contribution in [0.2, 0.25) is 5.02 Å². The fourth-order valence-electron chi connectivity index (χ4n) is 4.00. The molecule has 9 nitrogen and oxygen atoms in total. The summed E-state index contributed by atoms with van der Waals surface area (Å²) in [7, 11) is -4.07. The van der Waals surface area contributed by atoms with Crippen molar-refractivity contribution in [1.82, 2.24) is 10.3 Å². The molecule has 2 amide bonds. The van der Waals surface area contributed by atoms with Gasteiger partial charge in [0.15, 0.2) is 0 Å². The number of carbonyl (C=O) groups is 2. The van der Waals surface area contributed by atoms with Gasteiger partial charge in [-0.2, -0.15) is 0 Å². The Kier molecular flexibility index (Phi) is 7.82. The van der Waals surface area contributed by atoms with Crippen LogP contribution in [0.3, 0.4) is 0 Å². The summed E-state index contributed by atoms with van der Waals surface area (Å²) in [6.45, 7) is 3.36. The number of nitrogens with zero attached hydrogens (tertiary/aromatic N) is 3. The van der Waals surface area contributed by atoms with Crippen LogP contribution in [0.25, 0.3) is 0 Å². The van der Waals surface area contributed by atoms with Crippen molar-refractivity contribution >= 4 is 44.8 Å². The molecule has 2 N–H and O–H groups in total. The summed E-state index contributed by atoms with van der Waals surface area (Å²) in [4.78, 5) is 30.7. The lowest BCUT2D eigenvalue weighted by molar-refractivity contribution is -0.120. The number of aryl methyl sites for hydroxylation is 1. The minimum atomic E-state index is -4.07. The Labute approximate surface area is 220 Å². The van der Waals surface area contributed by atoms with Gasteiger partial charge in [0.1, 0.15) is 6.54 Å². The Balaban J connectivity index is 1.51. The van der Waals surface area contributed by atoms with Crippen LogP contribution in [0.5, 0.6) is 0 Å². The number of aliphatic hydroxyl groups excluding tert-OH is 1. The average Bonchev–Trinajstić information content (AvgIpc) is 3.21. The van der Waals surface area contributed by atoms with E-state index < -0.39 is 28.6 Å². The zero-order valence-corrected chi connectivity index (χ0v) is 22.0. The Morgan fingerprint density at radius 2 is 1.89 bits per heavy atom. The lowest BCUT2D eigenvalue weighted by atomic mass is 10.2. The third-order valence-electron chi connectivity index (χ3n) is 6.10. The summed E-state index contributed by atoms with van der Waals surface area (Å²) >= 11 is 6.26. The first-order chi connectivity index (χ1) is 17.6. The van der Waals surface area contributed by atoms with Gasteiger partial charge in [-0.1, -0.05) is 35.4 Å². The Hall–Kier alpha value is -3.47. The molecule has 2 aromatic carbocycles. The molecular formula is C26H27ClN4O5S. The van der Waals surface area contributed by atoms with E-state index in [-0.39, 0.29) is 30.3 Å². The zero-order valence-electron chi connectivity index (χ0n) is 20.4. The molecule has 1 unspecified atom stereocenters. The molecule has 0 radical (unpaired) electrons. The zero-order chi connectivity index (χ0) is 26.7. The Morgan fingerprint density at radius 1 is 1.16 bits per heavy atom. The molecule has 194 valence electrons. The van der Waals surface area contributed by atoms with Crippen LogP contribution >= 0.6 is 11.6 Å². The van der Waals surface area contributed by atoms with Crippen molar-refractivity contribution in [3.63, 3.8) is 0 Å². The number of carbonyl (C=O) groups excluding carboxylic acids is 2. The molecule has 11 heteroatoms. The van der Waals surface area contributed by atoms with Gasteiger partial charge in [-0.3, -0.25) is 18.9 Å². The second-order valence-corrected chi connectivity index (χ2v) is 11.1. The van der Waals surface area contributed by atoms with Crippen LogP contribution in [-0.2, 0) is 26.2 Å². The molecule has 0 saturated carbocycles. The molecule has 1 aromatic heterocycles. The molecule has 3 aromatic rings. The Morgan fingerprint density at radius 3 is 2.51 bits per heavy atom. The summed E-state index contributed by atoms with van der Waals surface area (Å²) in [5.74, 6) is -0.708. The molecular weight excluding hydrogens is 516 g/mol. The normalized spacial score (nSPS) is 15.6. The molecule has 37 heavy (non-hydrogen) atoms. The molecule has 0 bridgehead atoms. The highest BCUT2D eigenvalue weighted by Gasteiger charge is 2.30. The SMILES string of the molecule is Cc1ccc(S(=O)(=O)N(CC(=O)NCc2ccc(N3CC(O)CC3=O)cn2)c2cccc(Cl)c2C)cc1. The van der Waals surface area contributed by atoms with E-state index in [9.17, 15) is 23.1 Å². The highest BCUT2D eigenvalue weighted by molar-refractivity contribution is 7.92. The van der Waals surface area contributed by atoms with Crippen molar-refractivity contribution in [3.8, 4) is 0 Å². The fourth-order valence-corrected chi connectivity index (χ4v) is 5.65. The van der Waals surface area contributed by atoms with Crippen LogP contribution in [0.1, 0.15) is 23.2 Å². The molecule has 1 fully saturated rings. The number of rotatable bonds is 8. The first-order valence-corrected chi connectivity index (χ1v) is 13.4. The number of aliphatic hydroxyl groups is 1. The van der Waals surface area contributed by atoms with Gasteiger partial charge in [0.2, 0.25) is 11.8 Å². The second-order valence-electron chi connectivity index (χ2n) is 8.86. The highest BCUT2D eigenvalue weighted by atomic mass is 35.5. The quantitative estimate of drug-likeness (QED) is 0.451. The van der Waals surface area contributed by atoms with Gasteiger partial charge in [-0.15, -0.1) is 0 Å². The molecule has 2 heterocycles. The topological polar surface area (TPSA) is 120 Å². The number of sulfonamides is 1. The second kappa shape index (κ2) is 10.9. The van der Waals surface area contributed by atoms with Gasteiger partial charge < -0.3 is 15.3 Å². The van der Waals surface area contributed by atoms with Gasteiger partial charge in [0.25, 0.3) is 10.0 Å². The maximum Gasteiger partial charge on any atom is 0.264 e. The number of nitrogens with one attached hydrogen (secondary N) is 1. The number of aromatic nitrogens is 1. The van der Waals surface area contributed by atoms with Crippen molar-refractivity contribution < 1.29 is 23.1 Å². The number of amides is 2. The number of hydrogen-bond donors (Lipinski definition) is 2. The van der Waals surface area contributed by atoms with E-state index in [4.69, 9.17) is 11.6 Å². The largest absolute Gasteiger partial charge is 0.391 e. The molecule has 1 atom stereocenters. The highest BCUT2D eigenvalue weighted by Crippen LogP contribution is 2.31. The monoisotopic (exact) mass is 542 g/mol. The standard InChI is InChI=1S/C26H27ClN4O5S/c1-17-6-10-22(11-7-17)37(35,36)31(24-5-3-4-23(27)18(24)2)16-25(33)29-13-19-8-9-20(14-28-19)30-15-21(32)12-26(30)34/h3-11,14,21,32H,12-13,15-16H2,1-2H3,(H,29,33). The number of benzene rings is 2. The maximum atomic E-state index is 13.6. The van der Waals surface area contributed by atoms with E-state index in [1.54, 1.807) is 49.4 Å². The summed E-state index contributed by atoms with van der Waals surface area (Å²) in [5.41, 5.74) is 2.83. The van der Waals surface area contributed by atoms with Gasteiger partial charge >= 0.3 is 0 Å². The van der Waals surface area contributed by atoms with E-state index in [2.05, 4.69) is 10.3 Å². The van der Waals surface area contributed by atoms with Crippen molar-refractivity contribution in [2.24, 2.45) is 0 Å². The van der Waals surface area contributed by atoms with E-state index in [0.29, 0.717) is 27.7 Å². The van der Waals surface area contributed by atoms with Crippen LogP contribution in [-0.4, -0.2) is 49.5 Å². The number of β-amino-alcohol motifs (C(OH)–C–C–N with tert-alkyl or cyclic N) is 1. The lowest BCUT2D eigenvalue weighted by Gasteiger charge is -2.26. The third kappa shape index (κ3) is 5.93. The first kappa shape index (κ1) is 26.6. The summed E-state index contributed by atoms with van der Waals surface area (Å²) in [5, 5.41) is 12.8. The number of halogens is 1.